The van der Waals surface area contributed by atoms with Gasteiger partial charge in [-0.15, -0.1) is 0 Å². The number of carbonyl (C=O) groups is 2. The highest BCUT2D eigenvalue weighted by Gasteiger charge is 2.30. The molecule has 2 amide bonds. The molecule has 2 aromatic carbocycles. The van der Waals surface area contributed by atoms with Crippen molar-refractivity contribution in [3.63, 3.8) is 0 Å². The molecule has 5 rings (SSSR count). The fraction of sp³-hybridized carbons (Fsp3) is 0.370. The van der Waals surface area contributed by atoms with Crippen molar-refractivity contribution in [1.82, 2.24) is 9.72 Å². The van der Waals surface area contributed by atoms with Crippen LogP contribution in [0.3, 0.4) is 0 Å². The molecule has 0 saturated heterocycles. The van der Waals surface area contributed by atoms with Crippen LogP contribution >= 0.6 is 0 Å². The molecule has 2 aromatic heterocycles. The van der Waals surface area contributed by atoms with E-state index in [4.69, 9.17) is 10.3 Å². The summed E-state index contributed by atoms with van der Waals surface area (Å²) in [4.78, 5) is 26.2. The molecule has 1 saturated carbocycles. The molecule has 8 nitrogen and oxygen atoms in total. The monoisotopic (exact) mass is 474 g/mol. The summed E-state index contributed by atoms with van der Waals surface area (Å²) in [7, 11) is 0. The highest BCUT2D eigenvalue weighted by molar-refractivity contribution is 6.17. The van der Waals surface area contributed by atoms with E-state index in [9.17, 15) is 14.7 Å². The standard InChI is InChI=1S/C27H30N4O4/c1-14-23(15(2)35-29-14)17-10-20-19-9-8-18(31(26(33)34)27(3,4)5)12-22(19)30(13-16-6-7-16)24(20)21(11-17)25(28)32/h8-12,16H,6-7,13H2,1-5H3,(H2,28,32)(H,33,34). The van der Waals surface area contributed by atoms with Crippen molar-refractivity contribution in [3.05, 3.63) is 47.3 Å². The second-order valence-electron chi connectivity index (χ2n) is 10.5. The quantitative estimate of drug-likeness (QED) is 0.376. The minimum absolute atomic E-state index is 0.432. The Labute approximate surface area is 203 Å². The average molecular weight is 475 g/mol. The van der Waals surface area contributed by atoms with Crippen LogP contribution in [0.1, 0.15) is 55.4 Å². The topological polar surface area (TPSA) is 115 Å². The van der Waals surface area contributed by atoms with E-state index in [1.54, 1.807) is 0 Å². The van der Waals surface area contributed by atoms with Gasteiger partial charge in [-0.1, -0.05) is 11.2 Å². The highest BCUT2D eigenvalue weighted by Crippen LogP contribution is 2.41. The number of hydrogen-bond acceptors (Lipinski definition) is 4. The van der Waals surface area contributed by atoms with Crippen molar-refractivity contribution in [2.45, 2.75) is 59.5 Å². The number of carboxylic acid groups (broad SMARTS) is 1. The fourth-order valence-corrected chi connectivity index (χ4v) is 5.12. The number of aryl methyl sites for hydroxylation is 2. The first kappa shape index (κ1) is 23.0. The number of nitrogens with two attached hydrogens (primary N) is 1. The fourth-order valence-electron chi connectivity index (χ4n) is 5.12. The Morgan fingerprint density at radius 1 is 1.17 bits per heavy atom. The summed E-state index contributed by atoms with van der Waals surface area (Å²) in [6.45, 7) is 10.1. The van der Waals surface area contributed by atoms with Crippen LogP contribution < -0.4 is 10.6 Å². The number of benzene rings is 2. The minimum Gasteiger partial charge on any atom is -0.465 e. The van der Waals surface area contributed by atoms with Gasteiger partial charge < -0.3 is 19.9 Å². The summed E-state index contributed by atoms with van der Waals surface area (Å²) in [6, 6.07) is 9.56. The van der Waals surface area contributed by atoms with Crippen LogP contribution in [0, 0.1) is 19.8 Å². The average Bonchev–Trinajstić information content (AvgIpc) is 3.45. The maximum atomic E-state index is 12.7. The summed E-state index contributed by atoms with van der Waals surface area (Å²) in [6.07, 6.45) is 1.25. The third-order valence-electron chi connectivity index (χ3n) is 6.79. The molecule has 0 atom stereocenters. The van der Waals surface area contributed by atoms with Crippen LogP contribution in [0.25, 0.3) is 32.9 Å². The van der Waals surface area contributed by atoms with E-state index < -0.39 is 17.5 Å². The van der Waals surface area contributed by atoms with Crippen molar-refractivity contribution < 1.29 is 19.2 Å². The predicted octanol–water partition coefficient (Wildman–Crippen LogP) is 5.86. The van der Waals surface area contributed by atoms with Crippen molar-refractivity contribution in [3.8, 4) is 11.1 Å². The summed E-state index contributed by atoms with van der Waals surface area (Å²) in [5.74, 6) is 0.688. The number of aromatic nitrogens is 2. The molecule has 1 aliphatic carbocycles. The van der Waals surface area contributed by atoms with E-state index >= 15 is 0 Å². The van der Waals surface area contributed by atoms with Gasteiger partial charge in [-0.3, -0.25) is 9.69 Å². The first-order valence-corrected chi connectivity index (χ1v) is 11.8. The predicted molar refractivity (Wildman–Crippen MR) is 136 cm³/mol. The third kappa shape index (κ3) is 3.83. The van der Waals surface area contributed by atoms with Gasteiger partial charge in [0.25, 0.3) is 5.91 Å². The van der Waals surface area contributed by atoms with Crippen molar-refractivity contribution in [1.29, 1.82) is 0 Å². The maximum Gasteiger partial charge on any atom is 0.412 e. The zero-order valence-electron chi connectivity index (χ0n) is 20.7. The highest BCUT2D eigenvalue weighted by atomic mass is 16.5. The molecule has 3 N–H and O–H groups in total. The van der Waals surface area contributed by atoms with Gasteiger partial charge in [0, 0.05) is 34.1 Å². The minimum atomic E-state index is -1.01. The van der Waals surface area contributed by atoms with Crippen LogP contribution in [0.2, 0.25) is 0 Å². The van der Waals surface area contributed by atoms with Gasteiger partial charge in [-0.25, -0.2) is 4.79 Å². The molecule has 35 heavy (non-hydrogen) atoms. The van der Waals surface area contributed by atoms with Crippen molar-refractivity contribution in [2.75, 3.05) is 4.90 Å². The van der Waals surface area contributed by atoms with E-state index in [-0.39, 0.29) is 0 Å². The van der Waals surface area contributed by atoms with Gasteiger partial charge in [-0.2, -0.15) is 0 Å². The van der Waals surface area contributed by atoms with Gasteiger partial charge in [0.1, 0.15) is 5.76 Å². The number of rotatable bonds is 5. The van der Waals surface area contributed by atoms with E-state index in [2.05, 4.69) is 15.8 Å². The van der Waals surface area contributed by atoms with Crippen molar-refractivity contribution >= 4 is 39.5 Å². The van der Waals surface area contributed by atoms with Crippen LogP contribution in [-0.2, 0) is 6.54 Å². The number of amides is 2. The number of carbonyl (C=O) groups excluding carboxylic acids is 1. The van der Waals surface area contributed by atoms with E-state index in [1.165, 1.54) is 4.90 Å². The molecule has 1 aliphatic rings. The Hall–Kier alpha value is -3.81. The summed E-state index contributed by atoms with van der Waals surface area (Å²) in [5.41, 5.74) is 10.4. The number of fused-ring (bicyclic) bond motifs is 3. The molecule has 182 valence electrons. The van der Waals surface area contributed by atoms with Gasteiger partial charge >= 0.3 is 6.09 Å². The molecule has 0 unspecified atom stereocenters. The third-order valence-corrected chi connectivity index (χ3v) is 6.79. The van der Waals surface area contributed by atoms with E-state index in [0.717, 1.165) is 58.0 Å². The van der Waals surface area contributed by atoms with Crippen LogP contribution in [-0.4, -0.2) is 32.4 Å². The molecule has 0 spiro atoms. The van der Waals surface area contributed by atoms with Crippen molar-refractivity contribution in [2.24, 2.45) is 11.7 Å². The van der Waals surface area contributed by atoms with E-state index in [0.29, 0.717) is 22.9 Å². The largest absolute Gasteiger partial charge is 0.465 e. The van der Waals surface area contributed by atoms with Crippen LogP contribution in [0.4, 0.5) is 10.5 Å². The Morgan fingerprint density at radius 2 is 1.89 bits per heavy atom. The molecule has 1 fully saturated rings. The Bertz CT molecular complexity index is 1480. The lowest BCUT2D eigenvalue weighted by molar-refractivity contribution is 0.100. The SMILES string of the molecule is Cc1noc(C)c1-c1cc(C(N)=O)c2c(c1)c1ccc(N(C(=O)O)C(C)(C)C)cc1n2CC1CC1. The molecular weight excluding hydrogens is 444 g/mol. The first-order chi connectivity index (χ1) is 16.5. The summed E-state index contributed by atoms with van der Waals surface area (Å²) >= 11 is 0. The molecule has 0 aliphatic heterocycles. The summed E-state index contributed by atoms with van der Waals surface area (Å²) in [5, 5.41) is 15.9. The van der Waals surface area contributed by atoms with E-state index in [1.807, 2.05) is 58.9 Å². The molecule has 4 aromatic rings. The smallest absolute Gasteiger partial charge is 0.412 e. The lowest BCUT2D eigenvalue weighted by atomic mass is 9.97. The first-order valence-electron chi connectivity index (χ1n) is 11.8. The zero-order valence-corrected chi connectivity index (χ0v) is 20.7. The van der Waals surface area contributed by atoms with Gasteiger partial charge in [0.2, 0.25) is 0 Å². The second kappa shape index (κ2) is 7.86. The molecular formula is C27H30N4O4. The second-order valence-corrected chi connectivity index (χ2v) is 10.5. The lowest BCUT2D eigenvalue weighted by Gasteiger charge is -2.33. The van der Waals surface area contributed by atoms with Crippen LogP contribution in [0.5, 0.6) is 0 Å². The zero-order chi connectivity index (χ0) is 25.2. The van der Waals surface area contributed by atoms with Gasteiger partial charge in [0.05, 0.1) is 22.3 Å². The normalized spacial score (nSPS) is 14.1. The van der Waals surface area contributed by atoms with Crippen LogP contribution in [0.15, 0.2) is 34.9 Å². The number of nitrogens with zero attached hydrogens (tertiary/aromatic N) is 3. The number of primary amides is 1. The molecule has 0 bridgehead atoms. The lowest BCUT2D eigenvalue weighted by Crippen LogP contribution is -2.45. The Morgan fingerprint density at radius 3 is 2.43 bits per heavy atom. The molecule has 8 heteroatoms. The van der Waals surface area contributed by atoms with Gasteiger partial charge in [0.15, 0.2) is 0 Å². The number of hydrogen-bond donors (Lipinski definition) is 2. The van der Waals surface area contributed by atoms with Gasteiger partial charge in [-0.05, 0) is 83.2 Å². The molecule has 2 heterocycles. The maximum absolute atomic E-state index is 12.7. The Kier molecular flexibility index (Phi) is 5.16. The summed E-state index contributed by atoms with van der Waals surface area (Å²) < 4.78 is 7.52. The molecule has 0 radical (unpaired) electrons. The Balaban J connectivity index is 1.85. The number of anilines is 1.